The van der Waals surface area contributed by atoms with Crippen LogP contribution in [-0.4, -0.2) is 23.9 Å². The van der Waals surface area contributed by atoms with Crippen molar-refractivity contribution in [2.24, 2.45) is 0 Å². The second-order valence-electron chi connectivity index (χ2n) is 6.77. The Morgan fingerprint density at radius 2 is 1.36 bits per heavy atom. The third-order valence-electron chi connectivity index (χ3n) is 4.67. The average molecular weight is 393 g/mol. The van der Waals surface area contributed by atoms with E-state index in [1.165, 1.54) is 11.3 Å². The summed E-state index contributed by atoms with van der Waals surface area (Å²) >= 11 is 1.35. The van der Waals surface area contributed by atoms with Gasteiger partial charge in [0.15, 0.2) is 0 Å². The van der Waals surface area contributed by atoms with Crippen LogP contribution in [-0.2, 0) is 4.79 Å². The molecule has 3 aromatic rings. The van der Waals surface area contributed by atoms with Crippen molar-refractivity contribution in [2.45, 2.75) is 31.8 Å². The fourth-order valence-corrected chi connectivity index (χ4v) is 3.89. The van der Waals surface area contributed by atoms with Gasteiger partial charge in [-0.3, -0.25) is 9.59 Å². The normalized spacial score (nSPS) is 13.0. The van der Waals surface area contributed by atoms with E-state index in [2.05, 4.69) is 34.9 Å². The number of carbonyl (C=O) groups excluding carboxylic acids is 2. The fourth-order valence-electron chi connectivity index (χ4n) is 3.26. The van der Waals surface area contributed by atoms with E-state index in [0.29, 0.717) is 4.88 Å². The first-order valence-electron chi connectivity index (χ1n) is 9.31. The smallest absolute Gasteiger partial charge is 0.261 e. The van der Waals surface area contributed by atoms with Crippen molar-refractivity contribution >= 4 is 23.2 Å². The topological polar surface area (TPSA) is 58.2 Å². The molecule has 2 atom stereocenters. The molecule has 1 aromatic heterocycles. The molecular weight excluding hydrogens is 368 g/mol. The Morgan fingerprint density at radius 3 is 1.86 bits per heavy atom. The molecule has 0 fully saturated rings. The summed E-state index contributed by atoms with van der Waals surface area (Å²) in [4.78, 5) is 25.5. The minimum absolute atomic E-state index is 0.0200. The molecule has 4 nitrogen and oxygen atoms in total. The maximum Gasteiger partial charge on any atom is 0.261 e. The van der Waals surface area contributed by atoms with Crippen LogP contribution in [0.1, 0.15) is 40.6 Å². The minimum Gasteiger partial charge on any atom is -0.351 e. The lowest BCUT2D eigenvalue weighted by Gasteiger charge is -2.27. The molecule has 2 aromatic carbocycles. The highest BCUT2D eigenvalue weighted by Crippen LogP contribution is 2.28. The number of nitrogens with one attached hydrogen (secondary N) is 2. The largest absolute Gasteiger partial charge is 0.351 e. The van der Waals surface area contributed by atoms with Crippen molar-refractivity contribution in [1.29, 1.82) is 0 Å². The maximum absolute atomic E-state index is 12.7. The van der Waals surface area contributed by atoms with E-state index in [0.717, 1.165) is 11.1 Å². The number of hydrogen-bond donors (Lipinski definition) is 2. The van der Waals surface area contributed by atoms with E-state index in [-0.39, 0.29) is 23.8 Å². The van der Waals surface area contributed by atoms with Gasteiger partial charge in [-0.2, -0.15) is 0 Å². The highest BCUT2D eigenvalue weighted by atomic mass is 32.1. The lowest BCUT2D eigenvalue weighted by atomic mass is 9.85. The summed E-state index contributed by atoms with van der Waals surface area (Å²) < 4.78 is 0. The van der Waals surface area contributed by atoms with Crippen LogP contribution in [0.4, 0.5) is 0 Å². The van der Waals surface area contributed by atoms with E-state index in [4.69, 9.17) is 0 Å². The molecule has 2 N–H and O–H groups in total. The van der Waals surface area contributed by atoms with Crippen LogP contribution in [0.3, 0.4) is 0 Å². The summed E-state index contributed by atoms with van der Waals surface area (Å²) in [6, 6.07) is 23.1. The molecule has 2 amide bonds. The van der Waals surface area contributed by atoms with Crippen LogP contribution in [0.15, 0.2) is 78.2 Å². The van der Waals surface area contributed by atoms with Gasteiger partial charge in [0.05, 0.1) is 4.88 Å². The third-order valence-corrected chi connectivity index (χ3v) is 5.54. The number of rotatable bonds is 7. The maximum atomic E-state index is 12.7. The highest BCUT2D eigenvalue weighted by molar-refractivity contribution is 7.12. The molecule has 28 heavy (non-hydrogen) atoms. The Bertz CT molecular complexity index is 855. The molecule has 1 heterocycles. The molecule has 0 saturated carbocycles. The van der Waals surface area contributed by atoms with Gasteiger partial charge in [-0.05, 0) is 36.4 Å². The van der Waals surface area contributed by atoms with Crippen molar-refractivity contribution in [3.05, 3.63) is 94.2 Å². The molecular formula is C23H24N2O2S. The van der Waals surface area contributed by atoms with Crippen molar-refractivity contribution in [1.82, 2.24) is 10.6 Å². The molecule has 3 rings (SSSR count). The molecule has 144 valence electrons. The van der Waals surface area contributed by atoms with E-state index in [1.54, 1.807) is 13.0 Å². The first-order valence-corrected chi connectivity index (χ1v) is 10.2. The molecule has 0 bridgehead atoms. The number of thiophene rings is 1. The van der Waals surface area contributed by atoms with Gasteiger partial charge in [0.1, 0.15) is 6.04 Å². The molecule has 0 aliphatic heterocycles. The Kier molecular flexibility index (Phi) is 6.61. The van der Waals surface area contributed by atoms with E-state index < -0.39 is 6.04 Å². The second kappa shape index (κ2) is 9.33. The molecule has 0 spiro atoms. The Hall–Kier alpha value is -2.92. The Balaban J connectivity index is 1.71. The van der Waals surface area contributed by atoms with Gasteiger partial charge in [-0.15, -0.1) is 11.3 Å². The number of hydrogen-bond acceptors (Lipinski definition) is 3. The summed E-state index contributed by atoms with van der Waals surface area (Å²) in [7, 11) is 0. The number of carbonyl (C=O) groups is 2. The molecule has 0 aliphatic carbocycles. The van der Waals surface area contributed by atoms with Gasteiger partial charge in [0.25, 0.3) is 5.91 Å². The highest BCUT2D eigenvalue weighted by Gasteiger charge is 2.25. The van der Waals surface area contributed by atoms with E-state index in [9.17, 15) is 9.59 Å². The van der Waals surface area contributed by atoms with Crippen LogP contribution in [0.25, 0.3) is 0 Å². The fraction of sp³-hybridized carbons (Fsp3) is 0.217. The monoisotopic (exact) mass is 392 g/mol. The predicted octanol–water partition coefficient (Wildman–Crippen LogP) is 4.20. The first-order chi connectivity index (χ1) is 13.6. The quantitative estimate of drug-likeness (QED) is 0.633. The standard InChI is InChI=1S/C23H24N2O2S/c1-16(24-22(26)17(2)25-23(27)20-14-9-15-28-20)21(18-10-5-3-6-11-18)19-12-7-4-8-13-19/h3-17,21H,1-2H3,(H,24,26)(H,25,27). The molecule has 5 heteroatoms. The first kappa shape index (κ1) is 19.8. The van der Waals surface area contributed by atoms with Crippen LogP contribution in [0, 0.1) is 0 Å². The predicted molar refractivity (Wildman–Crippen MR) is 114 cm³/mol. The zero-order valence-electron chi connectivity index (χ0n) is 16.0. The second-order valence-corrected chi connectivity index (χ2v) is 7.72. The minimum atomic E-state index is -0.621. The summed E-state index contributed by atoms with van der Waals surface area (Å²) in [5.74, 6) is -0.409. The summed E-state index contributed by atoms with van der Waals surface area (Å²) in [6.07, 6.45) is 0. The van der Waals surface area contributed by atoms with Crippen LogP contribution in [0.2, 0.25) is 0 Å². The van der Waals surface area contributed by atoms with Crippen molar-refractivity contribution < 1.29 is 9.59 Å². The van der Waals surface area contributed by atoms with E-state index >= 15 is 0 Å². The lowest BCUT2D eigenvalue weighted by Crippen LogP contribution is -2.48. The van der Waals surface area contributed by atoms with Gasteiger partial charge < -0.3 is 10.6 Å². The average Bonchev–Trinajstić information content (AvgIpc) is 3.25. The Morgan fingerprint density at radius 1 is 0.786 bits per heavy atom. The van der Waals surface area contributed by atoms with Gasteiger partial charge in [-0.1, -0.05) is 66.7 Å². The zero-order valence-corrected chi connectivity index (χ0v) is 16.8. The van der Waals surface area contributed by atoms with Crippen molar-refractivity contribution in [3.8, 4) is 0 Å². The third kappa shape index (κ3) is 4.87. The van der Waals surface area contributed by atoms with Crippen LogP contribution < -0.4 is 10.6 Å². The molecule has 0 aliphatic rings. The van der Waals surface area contributed by atoms with Gasteiger partial charge in [0.2, 0.25) is 5.91 Å². The number of benzene rings is 2. The number of amides is 2. The van der Waals surface area contributed by atoms with Gasteiger partial charge in [-0.25, -0.2) is 0 Å². The zero-order chi connectivity index (χ0) is 19.9. The van der Waals surface area contributed by atoms with Crippen molar-refractivity contribution in [2.75, 3.05) is 0 Å². The van der Waals surface area contributed by atoms with Crippen LogP contribution >= 0.6 is 11.3 Å². The van der Waals surface area contributed by atoms with E-state index in [1.807, 2.05) is 54.8 Å². The van der Waals surface area contributed by atoms with Crippen molar-refractivity contribution in [3.63, 3.8) is 0 Å². The van der Waals surface area contributed by atoms with Gasteiger partial charge >= 0.3 is 0 Å². The molecule has 2 unspecified atom stereocenters. The lowest BCUT2D eigenvalue weighted by molar-refractivity contribution is -0.123. The van der Waals surface area contributed by atoms with Gasteiger partial charge in [0, 0.05) is 12.0 Å². The SMILES string of the molecule is CC(NC(=O)c1cccs1)C(=O)NC(C)C(c1ccccc1)c1ccccc1. The summed E-state index contributed by atoms with van der Waals surface area (Å²) in [5, 5.41) is 7.68. The summed E-state index contributed by atoms with van der Waals surface area (Å²) in [5.41, 5.74) is 2.27. The summed E-state index contributed by atoms with van der Waals surface area (Å²) in [6.45, 7) is 3.70. The van der Waals surface area contributed by atoms with Crippen LogP contribution in [0.5, 0.6) is 0 Å². The molecule has 0 saturated heterocycles. The Labute approximate surface area is 169 Å². The molecule has 0 radical (unpaired) electrons.